The summed E-state index contributed by atoms with van der Waals surface area (Å²) in [6, 6.07) is 5.22. The molecule has 0 aliphatic carbocycles. The molecule has 0 spiro atoms. The van der Waals surface area contributed by atoms with Gasteiger partial charge in [-0.25, -0.2) is 4.79 Å². The molecule has 0 aromatic heterocycles. The molecule has 20 heavy (non-hydrogen) atoms. The van der Waals surface area contributed by atoms with Gasteiger partial charge in [0.2, 0.25) is 0 Å². The van der Waals surface area contributed by atoms with Crippen LogP contribution >= 0.6 is 0 Å². The number of hydrogen-bond donors (Lipinski definition) is 2. The van der Waals surface area contributed by atoms with Crippen LogP contribution in [0.25, 0.3) is 0 Å². The summed E-state index contributed by atoms with van der Waals surface area (Å²) >= 11 is 0. The number of benzene rings is 1. The summed E-state index contributed by atoms with van der Waals surface area (Å²) in [4.78, 5) is 24.5. The highest BCUT2D eigenvalue weighted by Gasteiger charge is 2.21. The summed E-state index contributed by atoms with van der Waals surface area (Å²) in [5.41, 5.74) is 2.80. The molecule has 110 valence electrons. The van der Waals surface area contributed by atoms with E-state index >= 15 is 0 Å². The van der Waals surface area contributed by atoms with Crippen LogP contribution in [0, 0.1) is 13.8 Å². The monoisotopic (exact) mass is 278 g/mol. The fourth-order valence-electron chi connectivity index (χ4n) is 2.08. The molecule has 0 heterocycles. The number of nitrogens with zero attached hydrogens (tertiary/aromatic N) is 1. The summed E-state index contributed by atoms with van der Waals surface area (Å²) in [5, 5.41) is 11.7. The molecule has 0 saturated carbocycles. The van der Waals surface area contributed by atoms with Crippen molar-refractivity contribution in [2.45, 2.75) is 40.2 Å². The van der Waals surface area contributed by atoms with Gasteiger partial charge in [0.05, 0.1) is 6.42 Å². The molecule has 2 N–H and O–H groups in total. The molecule has 5 heteroatoms. The number of carbonyl (C=O) groups is 2. The second-order valence-electron chi connectivity index (χ2n) is 4.98. The number of aryl methyl sites for hydroxylation is 2. The van der Waals surface area contributed by atoms with Crippen molar-refractivity contribution in [2.75, 3.05) is 11.9 Å². The first kappa shape index (κ1) is 16.0. The Morgan fingerprint density at radius 2 is 2.00 bits per heavy atom. The van der Waals surface area contributed by atoms with Crippen LogP contribution in [0.5, 0.6) is 0 Å². The lowest BCUT2D eigenvalue weighted by molar-refractivity contribution is -0.137. The van der Waals surface area contributed by atoms with Crippen molar-refractivity contribution in [2.24, 2.45) is 0 Å². The van der Waals surface area contributed by atoms with E-state index in [1.807, 2.05) is 39.0 Å². The largest absolute Gasteiger partial charge is 0.481 e. The number of carboxylic acid groups (broad SMARTS) is 1. The summed E-state index contributed by atoms with van der Waals surface area (Å²) in [7, 11) is 0. The van der Waals surface area contributed by atoms with Gasteiger partial charge in [-0.15, -0.1) is 0 Å². The molecule has 0 aliphatic rings. The standard InChI is InChI=1S/C15H22N2O3/c1-5-17(12(4)9-14(18)19)15(20)16-13-8-10(2)6-7-11(13)3/h6-8,12H,5,9H2,1-4H3,(H,16,20)(H,18,19). The third-order valence-electron chi connectivity index (χ3n) is 3.24. The highest BCUT2D eigenvalue weighted by atomic mass is 16.4. The summed E-state index contributed by atoms with van der Waals surface area (Å²) in [5.74, 6) is -0.907. The SMILES string of the molecule is CCN(C(=O)Nc1cc(C)ccc1C)C(C)CC(=O)O. The number of amides is 2. The van der Waals surface area contributed by atoms with Gasteiger partial charge in [0.15, 0.2) is 0 Å². The third-order valence-corrected chi connectivity index (χ3v) is 3.24. The van der Waals surface area contributed by atoms with Gasteiger partial charge in [0, 0.05) is 18.3 Å². The molecule has 1 aromatic rings. The van der Waals surface area contributed by atoms with Gasteiger partial charge < -0.3 is 15.3 Å². The molecule has 0 saturated heterocycles. The minimum Gasteiger partial charge on any atom is -0.481 e. The van der Waals surface area contributed by atoms with Crippen LogP contribution < -0.4 is 5.32 Å². The zero-order valence-electron chi connectivity index (χ0n) is 12.4. The average molecular weight is 278 g/mol. The molecule has 0 aliphatic heterocycles. The molecule has 0 bridgehead atoms. The van der Waals surface area contributed by atoms with Crippen molar-refractivity contribution in [1.82, 2.24) is 4.90 Å². The Morgan fingerprint density at radius 1 is 1.35 bits per heavy atom. The highest BCUT2D eigenvalue weighted by Crippen LogP contribution is 2.17. The highest BCUT2D eigenvalue weighted by molar-refractivity contribution is 5.90. The van der Waals surface area contributed by atoms with Crippen LogP contribution in [-0.4, -0.2) is 34.6 Å². The maximum Gasteiger partial charge on any atom is 0.322 e. The topological polar surface area (TPSA) is 69.6 Å². The van der Waals surface area contributed by atoms with E-state index in [2.05, 4.69) is 5.32 Å². The van der Waals surface area contributed by atoms with Crippen LogP contribution in [0.15, 0.2) is 18.2 Å². The molecule has 1 rings (SSSR count). The van der Waals surface area contributed by atoms with Crippen LogP contribution in [0.4, 0.5) is 10.5 Å². The minimum atomic E-state index is -0.907. The van der Waals surface area contributed by atoms with Crippen LogP contribution in [0.3, 0.4) is 0 Å². The lowest BCUT2D eigenvalue weighted by Crippen LogP contribution is -2.42. The third kappa shape index (κ3) is 4.26. The Labute approximate surface area is 119 Å². The summed E-state index contributed by atoms with van der Waals surface area (Å²) in [6.07, 6.45) is -0.0614. The molecule has 2 amide bonds. The lowest BCUT2D eigenvalue weighted by atomic mass is 10.1. The normalized spacial score (nSPS) is 11.8. The van der Waals surface area contributed by atoms with E-state index in [0.717, 1.165) is 16.8 Å². The predicted octanol–water partition coefficient (Wildman–Crippen LogP) is 3.02. The van der Waals surface area contributed by atoms with Gasteiger partial charge >= 0.3 is 12.0 Å². The van der Waals surface area contributed by atoms with Gasteiger partial charge in [-0.05, 0) is 44.9 Å². The first-order valence-electron chi connectivity index (χ1n) is 6.71. The molecular formula is C15H22N2O3. The Balaban J connectivity index is 2.82. The Kier molecular flexibility index (Phi) is 5.55. The zero-order chi connectivity index (χ0) is 15.3. The lowest BCUT2D eigenvalue weighted by Gasteiger charge is -2.27. The van der Waals surface area contributed by atoms with Crippen LogP contribution in [0.1, 0.15) is 31.4 Å². The van der Waals surface area contributed by atoms with E-state index in [0.29, 0.717) is 6.54 Å². The molecule has 1 unspecified atom stereocenters. The van der Waals surface area contributed by atoms with E-state index in [4.69, 9.17) is 5.11 Å². The number of anilines is 1. The zero-order valence-corrected chi connectivity index (χ0v) is 12.4. The number of nitrogens with one attached hydrogen (secondary N) is 1. The van der Waals surface area contributed by atoms with Crippen LogP contribution in [0.2, 0.25) is 0 Å². The molecule has 1 atom stereocenters. The molecule has 0 fully saturated rings. The quantitative estimate of drug-likeness (QED) is 0.869. The predicted molar refractivity (Wildman–Crippen MR) is 79.0 cm³/mol. The molecule has 5 nitrogen and oxygen atoms in total. The number of carbonyl (C=O) groups excluding carboxylic acids is 1. The molecular weight excluding hydrogens is 256 g/mol. The Bertz CT molecular complexity index is 500. The molecule has 1 aromatic carbocycles. The van der Waals surface area contributed by atoms with Crippen molar-refractivity contribution in [3.8, 4) is 0 Å². The van der Waals surface area contributed by atoms with Crippen molar-refractivity contribution in [3.63, 3.8) is 0 Å². The van der Waals surface area contributed by atoms with Crippen LogP contribution in [-0.2, 0) is 4.79 Å². The number of hydrogen-bond acceptors (Lipinski definition) is 2. The number of aliphatic carboxylic acids is 1. The summed E-state index contributed by atoms with van der Waals surface area (Å²) in [6.45, 7) is 7.91. The van der Waals surface area contributed by atoms with Gasteiger partial charge in [0.1, 0.15) is 0 Å². The second kappa shape index (κ2) is 6.93. The van der Waals surface area contributed by atoms with Crippen molar-refractivity contribution < 1.29 is 14.7 Å². The van der Waals surface area contributed by atoms with Gasteiger partial charge in [-0.2, -0.15) is 0 Å². The van der Waals surface area contributed by atoms with E-state index in [9.17, 15) is 9.59 Å². The number of carboxylic acids is 1. The maximum absolute atomic E-state index is 12.3. The van der Waals surface area contributed by atoms with E-state index in [-0.39, 0.29) is 18.5 Å². The molecule has 0 radical (unpaired) electrons. The Morgan fingerprint density at radius 3 is 2.55 bits per heavy atom. The van der Waals surface area contributed by atoms with E-state index in [1.54, 1.807) is 6.92 Å². The van der Waals surface area contributed by atoms with Gasteiger partial charge in [-0.1, -0.05) is 12.1 Å². The average Bonchev–Trinajstić information content (AvgIpc) is 2.33. The fourth-order valence-corrected chi connectivity index (χ4v) is 2.08. The van der Waals surface area contributed by atoms with E-state index in [1.165, 1.54) is 4.90 Å². The summed E-state index contributed by atoms with van der Waals surface area (Å²) < 4.78 is 0. The minimum absolute atomic E-state index is 0.0614. The second-order valence-corrected chi connectivity index (χ2v) is 4.98. The first-order chi connectivity index (χ1) is 9.35. The van der Waals surface area contributed by atoms with Crippen molar-refractivity contribution in [1.29, 1.82) is 0 Å². The number of rotatable bonds is 5. The van der Waals surface area contributed by atoms with E-state index < -0.39 is 5.97 Å². The van der Waals surface area contributed by atoms with Crippen molar-refractivity contribution in [3.05, 3.63) is 29.3 Å². The maximum atomic E-state index is 12.3. The van der Waals surface area contributed by atoms with Crippen molar-refractivity contribution >= 4 is 17.7 Å². The fraction of sp³-hybridized carbons (Fsp3) is 0.467. The van der Waals surface area contributed by atoms with Gasteiger partial charge in [-0.3, -0.25) is 4.79 Å². The first-order valence-corrected chi connectivity index (χ1v) is 6.71. The van der Waals surface area contributed by atoms with Gasteiger partial charge in [0.25, 0.3) is 0 Å². The number of urea groups is 1. The Hall–Kier alpha value is -2.04. The smallest absolute Gasteiger partial charge is 0.322 e.